The first-order chi connectivity index (χ1) is 18.7. The SMILES string of the molecule is CN1CCN(c2cccc3[nH]c([C@H](COCc4ccccc4)N(C)C4CCCc5cccnc54)nc23)CC1. The lowest BCUT2D eigenvalue weighted by Gasteiger charge is -2.36. The number of H-pyrrole nitrogens is 1. The van der Waals surface area contributed by atoms with Crippen molar-refractivity contribution in [1.29, 1.82) is 0 Å². The highest BCUT2D eigenvalue weighted by Gasteiger charge is 2.32. The summed E-state index contributed by atoms with van der Waals surface area (Å²) < 4.78 is 6.35. The molecule has 1 N–H and O–H groups in total. The van der Waals surface area contributed by atoms with Gasteiger partial charge in [-0.2, -0.15) is 0 Å². The molecule has 0 radical (unpaired) electrons. The van der Waals surface area contributed by atoms with E-state index in [9.17, 15) is 0 Å². The monoisotopic (exact) mass is 510 g/mol. The van der Waals surface area contributed by atoms with Gasteiger partial charge in [-0.1, -0.05) is 42.5 Å². The van der Waals surface area contributed by atoms with Crippen molar-refractivity contribution in [1.82, 2.24) is 24.8 Å². The van der Waals surface area contributed by atoms with Gasteiger partial charge in [0.05, 0.1) is 42.2 Å². The molecule has 1 aliphatic heterocycles. The lowest BCUT2D eigenvalue weighted by molar-refractivity contribution is 0.0348. The minimum absolute atomic E-state index is 0.0237. The third kappa shape index (κ3) is 5.19. The summed E-state index contributed by atoms with van der Waals surface area (Å²) in [5.41, 5.74) is 7.09. The van der Waals surface area contributed by atoms with Crippen molar-refractivity contribution in [2.75, 3.05) is 51.8 Å². The van der Waals surface area contributed by atoms with Gasteiger partial charge >= 0.3 is 0 Å². The Balaban J connectivity index is 1.32. The number of imidazole rings is 1. The van der Waals surface area contributed by atoms with Crippen LogP contribution in [0.4, 0.5) is 5.69 Å². The van der Waals surface area contributed by atoms with Crippen molar-refractivity contribution in [3.05, 3.63) is 89.5 Å². The maximum absolute atomic E-state index is 6.35. The van der Waals surface area contributed by atoms with Gasteiger partial charge in [-0.3, -0.25) is 9.88 Å². The highest BCUT2D eigenvalue weighted by atomic mass is 16.5. The maximum Gasteiger partial charge on any atom is 0.127 e. The molecular weight excluding hydrogens is 472 g/mol. The van der Waals surface area contributed by atoms with E-state index < -0.39 is 0 Å². The van der Waals surface area contributed by atoms with Crippen molar-refractivity contribution < 1.29 is 4.74 Å². The normalized spacial score (nSPS) is 19.1. The zero-order valence-electron chi connectivity index (χ0n) is 22.5. The molecule has 1 unspecified atom stereocenters. The van der Waals surface area contributed by atoms with Gasteiger partial charge in [-0.25, -0.2) is 4.98 Å². The number of likely N-dealkylation sites (N-methyl/N-ethyl adjacent to an activating group) is 2. The van der Waals surface area contributed by atoms with Gasteiger partial charge in [0.25, 0.3) is 0 Å². The van der Waals surface area contributed by atoms with Crippen LogP contribution in [0.2, 0.25) is 0 Å². The average molecular weight is 511 g/mol. The van der Waals surface area contributed by atoms with Crippen LogP contribution in [0.3, 0.4) is 0 Å². The smallest absolute Gasteiger partial charge is 0.127 e. The Bertz CT molecular complexity index is 1350. The fourth-order valence-corrected chi connectivity index (χ4v) is 5.95. The number of anilines is 1. The topological polar surface area (TPSA) is 60.5 Å². The number of benzene rings is 2. The van der Waals surface area contributed by atoms with Crippen LogP contribution in [-0.2, 0) is 17.8 Å². The van der Waals surface area contributed by atoms with E-state index in [4.69, 9.17) is 14.7 Å². The standard InChI is InChI=1S/C31H38N6O/c1-35-17-19-37(20-18-35)27-15-7-13-25-30(27)34-31(33-25)28(22-38-21-23-9-4-3-5-10-23)36(2)26-14-6-11-24-12-8-16-32-29(24)26/h3-5,7-10,12-13,15-16,26,28H,6,11,14,17-22H2,1-2H3,(H,33,34)/t26?,28-/m0/s1. The van der Waals surface area contributed by atoms with Gasteiger partial charge in [-0.15, -0.1) is 0 Å². The number of nitrogens with one attached hydrogen (secondary N) is 1. The van der Waals surface area contributed by atoms with Crippen molar-refractivity contribution in [3.63, 3.8) is 0 Å². The minimum Gasteiger partial charge on any atom is -0.375 e. The molecule has 1 fully saturated rings. The number of ether oxygens (including phenoxy) is 1. The van der Waals surface area contributed by atoms with Gasteiger partial charge in [0.15, 0.2) is 0 Å². The fourth-order valence-electron chi connectivity index (χ4n) is 5.95. The van der Waals surface area contributed by atoms with Crippen molar-refractivity contribution >= 4 is 16.7 Å². The van der Waals surface area contributed by atoms with E-state index in [2.05, 4.69) is 88.4 Å². The molecule has 4 aromatic rings. The highest BCUT2D eigenvalue weighted by Crippen LogP contribution is 2.37. The zero-order chi connectivity index (χ0) is 25.9. The maximum atomic E-state index is 6.35. The van der Waals surface area contributed by atoms with Crippen LogP contribution in [0.25, 0.3) is 11.0 Å². The number of nitrogens with zero attached hydrogens (tertiary/aromatic N) is 5. The van der Waals surface area contributed by atoms with Crippen LogP contribution in [-0.4, -0.2) is 71.6 Å². The number of pyridine rings is 1. The predicted molar refractivity (Wildman–Crippen MR) is 152 cm³/mol. The van der Waals surface area contributed by atoms with Gasteiger partial charge in [0.1, 0.15) is 11.3 Å². The second kappa shape index (κ2) is 11.2. The molecule has 198 valence electrons. The van der Waals surface area contributed by atoms with E-state index >= 15 is 0 Å². The first kappa shape index (κ1) is 25.0. The lowest BCUT2D eigenvalue weighted by atomic mass is 9.90. The number of fused-ring (bicyclic) bond motifs is 2. The molecule has 3 heterocycles. The van der Waals surface area contributed by atoms with E-state index in [1.807, 2.05) is 12.3 Å². The second-order valence-electron chi connectivity index (χ2n) is 10.7. The number of aromatic nitrogens is 3. The Morgan fingerprint density at radius 2 is 1.87 bits per heavy atom. The van der Waals surface area contributed by atoms with Crippen molar-refractivity contribution in [3.8, 4) is 0 Å². The van der Waals surface area contributed by atoms with Gasteiger partial charge in [0, 0.05) is 32.4 Å². The van der Waals surface area contributed by atoms with Crippen LogP contribution in [0, 0.1) is 0 Å². The molecular formula is C31H38N6O. The predicted octanol–water partition coefficient (Wildman–Crippen LogP) is 4.98. The number of piperazine rings is 1. The first-order valence-electron chi connectivity index (χ1n) is 13.9. The summed E-state index contributed by atoms with van der Waals surface area (Å²) in [6.07, 6.45) is 5.28. The summed E-state index contributed by atoms with van der Waals surface area (Å²) in [6, 6.07) is 21.4. The first-order valence-corrected chi connectivity index (χ1v) is 13.9. The van der Waals surface area contributed by atoms with Crippen LogP contribution in [0.15, 0.2) is 66.9 Å². The Hall–Kier alpha value is -3.26. The molecule has 2 aromatic heterocycles. The van der Waals surface area contributed by atoms with Crippen molar-refractivity contribution in [2.45, 2.75) is 38.0 Å². The number of para-hydroxylation sites is 1. The van der Waals surface area contributed by atoms with Crippen LogP contribution in [0.5, 0.6) is 0 Å². The summed E-state index contributed by atoms with van der Waals surface area (Å²) in [7, 11) is 4.40. The molecule has 7 heteroatoms. The molecule has 1 saturated heterocycles. The molecule has 0 saturated carbocycles. The van der Waals surface area contributed by atoms with E-state index in [1.54, 1.807) is 0 Å². The number of aromatic amines is 1. The number of aryl methyl sites for hydroxylation is 1. The van der Waals surface area contributed by atoms with Gasteiger partial charge < -0.3 is 19.5 Å². The van der Waals surface area contributed by atoms with Crippen LogP contribution in [0.1, 0.15) is 47.6 Å². The third-order valence-electron chi connectivity index (χ3n) is 8.21. The Labute approximate surface area is 225 Å². The Morgan fingerprint density at radius 1 is 1.03 bits per heavy atom. The van der Waals surface area contributed by atoms with Crippen molar-refractivity contribution in [2.24, 2.45) is 0 Å². The molecule has 38 heavy (non-hydrogen) atoms. The number of hydrogen-bond acceptors (Lipinski definition) is 6. The molecule has 2 aromatic carbocycles. The summed E-state index contributed by atoms with van der Waals surface area (Å²) in [5.74, 6) is 0.959. The second-order valence-corrected chi connectivity index (χ2v) is 10.7. The van der Waals surface area contributed by atoms with Crippen LogP contribution < -0.4 is 4.90 Å². The molecule has 2 aliphatic rings. The quantitative estimate of drug-likeness (QED) is 0.361. The summed E-state index contributed by atoms with van der Waals surface area (Å²) >= 11 is 0. The fraction of sp³-hybridized carbons (Fsp3) is 0.419. The Kier molecular flexibility index (Phi) is 7.40. The summed E-state index contributed by atoms with van der Waals surface area (Å²) in [6.45, 7) is 5.31. The molecule has 6 rings (SSSR count). The summed E-state index contributed by atoms with van der Waals surface area (Å²) in [4.78, 5) is 21.1. The number of hydrogen-bond donors (Lipinski definition) is 1. The lowest BCUT2D eigenvalue weighted by Crippen LogP contribution is -2.44. The highest BCUT2D eigenvalue weighted by molar-refractivity contribution is 5.89. The van der Waals surface area contributed by atoms with E-state index in [-0.39, 0.29) is 12.1 Å². The van der Waals surface area contributed by atoms with Crippen LogP contribution >= 0.6 is 0 Å². The summed E-state index contributed by atoms with van der Waals surface area (Å²) in [5, 5.41) is 0. The molecule has 1 aliphatic carbocycles. The van der Waals surface area contributed by atoms with E-state index in [0.29, 0.717) is 13.2 Å². The molecule has 2 atom stereocenters. The van der Waals surface area contributed by atoms with Gasteiger partial charge in [0.2, 0.25) is 0 Å². The zero-order valence-corrected chi connectivity index (χ0v) is 22.5. The molecule has 0 spiro atoms. The largest absolute Gasteiger partial charge is 0.375 e. The Morgan fingerprint density at radius 3 is 2.71 bits per heavy atom. The van der Waals surface area contributed by atoms with E-state index in [0.717, 1.165) is 55.9 Å². The average Bonchev–Trinajstić information content (AvgIpc) is 3.40. The minimum atomic E-state index is -0.0237. The van der Waals surface area contributed by atoms with Gasteiger partial charge in [-0.05, 0) is 62.7 Å². The third-order valence-corrected chi connectivity index (χ3v) is 8.21. The molecule has 0 bridgehead atoms. The molecule has 7 nitrogen and oxygen atoms in total. The van der Waals surface area contributed by atoms with E-state index in [1.165, 1.54) is 28.9 Å². The molecule has 0 amide bonds. The number of rotatable bonds is 8.